The molecule has 0 aliphatic carbocycles. The van der Waals surface area contributed by atoms with Crippen molar-refractivity contribution in [1.29, 1.82) is 0 Å². The number of nitrogens with zero attached hydrogens (tertiary/aromatic N) is 1. The third-order valence-electron chi connectivity index (χ3n) is 3.37. The number of ether oxygens (including phenoxy) is 1. The van der Waals surface area contributed by atoms with Gasteiger partial charge in [-0.1, -0.05) is 31.5 Å². The maximum absolute atomic E-state index is 11.3. The van der Waals surface area contributed by atoms with Gasteiger partial charge in [-0.15, -0.1) is 0 Å². The van der Waals surface area contributed by atoms with E-state index in [1.807, 2.05) is 37.2 Å². The van der Waals surface area contributed by atoms with E-state index in [0.29, 0.717) is 17.7 Å². The van der Waals surface area contributed by atoms with Crippen molar-refractivity contribution in [2.45, 2.75) is 19.8 Å². The summed E-state index contributed by atoms with van der Waals surface area (Å²) in [6, 6.07) is 15.8. The number of hydrogen-bond acceptors (Lipinski definition) is 4. The molecule has 134 valence electrons. The Kier molecular flexibility index (Phi) is 8.79. The molecular weight excluding hydrogens is 318 g/mol. The third-order valence-corrected chi connectivity index (χ3v) is 3.37. The van der Waals surface area contributed by atoms with Crippen molar-refractivity contribution in [2.24, 2.45) is 0 Å². The summed E-state index contributed by atoms with van der Waals surface area (Å²) in [7, 11) is 3.82. The molecule has 0 saturated carbocycles. The van der Waals surface area contributed by atoms with Crippen molar-refractivity contribution in [2.75, 3.05) is 25.6 Å². The van der Waals surface area contributed by atoms with Crippen LogP contribution in [0.3, 0.4) is 0 Å². The van der Waals surface area contributed by atoms with E-state index in [2.05, 4.69) is 6.92 Å². The highest BCUT2D eigenvalue weighted by Crippen LogP contribution is 2.11. The average Bonchev–Trinajstić information content (AvgIpc) is 2.63. The average molecular weight is 343 g/mol. The highest BCUT2D eigenvalue weighted by Gasteiger charge is 2.04. The molecule has 0 aromatic heterocycles. The Bertz CT molecular complexity index is 651. The molecule has 0 amide bonds. The summed E-state index contributed by atoms with van der Waals surface area (Å²) in [4.78, 5) is 23.7. The monoisotopic (exact) mass is 343 g/mol. The summed E-state index contributed by atoms with van der Waals surface area (Å²) >= 11 is 0. The number of benzene rings is 2. The minimum absolute atomic E-state index is 0.228. The number of carbonyl (C=O) groups is 2. The highest BCUT2D eigenvalue weighted by molar-refractivity contribution is 5.89. The number of aromatic carboxylic acids is 1. The molecule has 2 rings (SSSR count). The molecule has 0 aliphatic rings. The fourth-order valence-electron chi connectivity index (χ4n) is 1.87. The molecule has 5 heteroatoms. The smallest absolute Gasteiger partial charge is 0.338 e. The van der Waals surface area contributed by atoms with E-state index >= 15 is 0 Å². The standard InChI is InChI=1S/C11H14O2.C9H11NO2/c1-2-3-9-13-11(12)10-7-5-4-6-8-10;1-10(2)8-5-3-7(4-6-8)9(11)12/h4-8H,2-3,9H2,1H3;3-6H,1-2H3,(H,11,12). The number of esters is 1. The fourth-order valence-corrected chi connectivity index (χ4v) is 1.87. The molecular formula is C20H25NO4. The molecule has 5 nitrogen and oxygen atoms in total. The van der Waals surface area contributed by atoms with E-state index < -0.39 is 5.97 Å². The zero-order chi connectivity index (χ0) is 18.7. The van der Waals surface area contributed by atoms with Crippen molar-refractivity contribution >= 4 is 17.6 Å². The predicted molar refractivity (Wildman–Crippen MR) is 99.4 cm³/mol. The van der Waals surface area contributed by atoms with Crippen LogP contribution in [0.5, 0.6) is 0 Å². The predicted octanol–water partition coefficient (Wildman–Crippen LogP) is 4.09. The summed E-state index contributed by atoms with van der Waals surface area (Å²) in [6.07, 6.45) is 1.97. The molecule has 2 aromatic rings. The number of unbranched alkanes of at least 4 members (excludes halogenated alkanes) is 1. The molecule has 0 aliphatic heterocycles. The minimum Gasteiger partial charge on any atom is -0.478 e. The van der Waals surface area contributed by atoms with Crippen molar-refractivity contribution in [3.63, 3.8) is 0 Å². The van der Waals surface area contributed by atoms with E-state index in [1.54, 1.807) is 36.4 Å². The summed E-state index contributed by atoms with van der Waals surface area (Å²) in [6.45, 7) is 2.58. The maximum atomic E-state index is 11.3. The normalized spacial score (nSPS) is 9.56. The summed E-state index contributed by atoms with van der Waals surface area (Å²) < 4.78 is 5.03. The van der Waals surface area contributed by atoms with E-state index in [-0.39, 0.29) is 5.97 Å². The van der Waals surface area contributed by atoms with Gasteiger partial charge >= 0.3 is 11.9 Å². The Hall–Kier alpha value is -2.82. The Morgan fingerprint density at radius 3 is 2.04 bits per heavy atom. The van der Waals surface area contributed by atoms with Crippen molar-refractivity contribution in [3.05, 3.63) is 65.7 Å². The minimum atomic E-state index is -0.889. The lowest BCUT2D eigenvalue weighted by Crippen LogP contribution is -2.08. The lowest BCUT2D eigenvalue weighted by atomic mass is 10.2. The summed E-state index contributed by atoms with van der Waals surface area (Å²) in [5.41, 5.74) is 1.94. The van der Waals surface area contributed by atoms with Gasteiger partial charge in [0.1, 0.15) is 0 Å². The van der Waals surface area contributed by atoms with Crippen LogP contribution < -0.4 is 4.90 Å². The summed E-state index contributed by atoms with van der Waals surface area (Å²) in [5, 5.41) is 8.60. The van der Waals surface area contributed by atoms with E-state index in [9.17, 15) is 9.59 Å². The molecule has 0 atom stereocenters. The van der Waals surface area contributed by atoms with Gasteiger partial charge in [-0.25, -0.2) is 9.59 Å². The van der Waals surface area contributed by atoms with Gasteiger partial charge in [-0.2, -0.15) is 0 Å². The van der Waals surface area contributed by atoms with E-state index in [0.717, 1.165) is 18.5 Å². The van der Waals surface area contributed by atoms with Gasteiger partial charge in [0.05, 0.1) is 17.7 Å². The van der Waals surface area contributed by atoms with Gasteiger partial charge in [-0.3, -0.25) is 0 Å². The Morgan fingerprint density at radius 2 is 1.56 bits per heavy atom. The lowest BCUT2D eigenvalue weighted by molar-refractivity contribution is 0.0499. The third kappa shape index (κ3) is 7.52. The Balaban J connectivity index is 0.000000251. The molecule has 2 aromatic carbocycles. The second kappa shape index (κ2) is 10.9. The van der Waals surface area contributed by atoms with Crippen LogP contribution in [0.2, 0.25) is 0 Å². The topological polar surface area (TPSA) is 66.8 Å². The van der Waals surface area contributed by atoms with Crippen LogP contribution in [0, 0.1) is 0 Å². The number of carboxylic acid groups (broad SMARTS) is 1. The van der Waals surface area contributed by atoms with Crippen molar-refractivity contribution in [1.82, 2.24) is 0 Å². The van der Waals surface area contributed by atoms with Crippen LogP contribution in [0.1, 0.15) is 40.5 Å². The number of rotatable bonds is 6. The van der Waals surface area contributed by atoms with Crippen LogP contribution >= 0.6 is 0 Å². The summed E-state index contributed by atoms with van der Waals surface area (Å²) in [5.74, 6) is -1.12. The molecule has 0 unspecified atom stereocenters. The number of anilines is 1. The molecule has 25 heavy (non-hydrogen) atoms. The first-order chi connectivity index (χ1) is 12.0. The number of hydrogen-bond donors (Lipinski definition) is 1. The Morgan fingerprint density at radius 1 is 0.960 bits per heavy atom. The Labute approximate surface area is 148 Å². The van der Waals surface area contributed by atoms with Crippen LogP contribution in [0.15, 0.2) is 54.6 Å². The van der Waals surface area contributed by atoms with Crippen molar-refractivity contribution < 1.29 is 19.4 Å². The molecule has 0 bridgehead atoms. The fraction of sp³-hybridized carbons (Fsp3) is 0.300. The number of carboxylic acids is 1. The van der Waals surface area contributed by atoms with Gasteiger partial charge in [0.2, 0.25) is 0 Å². The molecule has 0 saturated heterocycles. The zero-order valence-corrected chi connectivity index (χ0v) is 14.9. The molecule has 1 N–H and O–H groups in total. The van der Waals surface area contributed by atoms with Gasteiger partial charge in [0, 0.05) is 19.8 Å². The zero-order valence-electron chi connectivity index (χ0n) is 14.9. The first kappa shape index (κ1) is 20.2. The van der Waals surface area contributed by atoms with E-state index in [4.69, 9.17) is 9.84 Å². The van der Waals surface area contributed by atoms with Crippen LogP contribution in [-0.4, -0.2) is 37.7 Å². The molecule has 0 heterocycles. The second-order valence-electron chi connectivity index (χ2n) is 5.60. The van der Waals surface area contributed by atoms with Crippen LogP contribution in [0.25, 0.3) is 0 Å². The quantitative estimate of drug-likeness (QED) is 0.632. The maximum Gasteiger partial charge on any atom is 0.338 e. The molecule has 0 radical (unpaired) electrons. The van der Waals surface area contributed by atoms with Crippen molar-refractivity contribution in [3.8, 4) is 0 Å². The first-order valence-electron chi connectivity index (χ1n) is 8.18. The van der Waals surface area contributed by atoms with Gasteiger partial charge < -0.3 is 14.7 Å². The molecule has 0 fully saturated rings. The van der Waals surface area contributed by atoms with Gasteiger partial charge in [0.15, 0.2) is 0 Å². The largest absolute Gasteiger partial charge is 0.478 e. The molecule has 0 spiro atoms. The first-order valence-corrected chi connectivity index (χ1v) is 8.18. The van der Waals surface area contributed by atoms with Gasteiger partial charge in [-0.05, 0) is 42.8 Å². The van der Waals surface area contributed by atoms with Crippen LogP contribution in [0.4, 0.5) is 5.69 Å². The SMILES string of the molecule is CCCCOC(=O)c1ccccc1.CN(C)c1ccc(C(=O)O)cc1. The lowest BCUT2D eigenvalue weighted by Gasteiger charge is -2.11. The van der Waals surface area contributed by atoms with E-state index in [1.165, 1.54) is 0 Å². The second-order valence-corrected chi connectivity index (χ2v) is 5.60. The number of carbonyl (C=O) groups excluding carboxylic acids is 1. The van der Waals surface area contributed by atoms with Gasteiger partial charge in [0.25, 0.3) is 0 Å². The van der Waals surface area contributed by atoms with Crippen LogP contribution in [-0.2, 0) is 4.74 Å². The highest BCUT2D eigenvalue weighted by atomic mass is 16.5.